The van der Waals surface area contributed by atoms with Gasteiger partial charge in [-0.05, 0) is 17.7 Å². The standard InChI is InChI=1S/C10H11N3O2/c11-5-6-1-2-7-8(3-6)13-10(15)4-9(14)12-7/h1-3H,4-5,11H2,(H,12,14)(H,13,15). The number of rotatable bonds is 1. The molecule has 1 aromatic rings. The molecule has 0 bridgehead atoms. The number of hydrogen-bond donors (Lipinski definition) is 3. The molecule has 1 aromatic carbocycles. The van der Waals surface area contributed by atoms with Crippen LogP contribution in [0.2, 0.25) is 0 Å². The van der Waals surface area contributed by atoms with Crippen LogP contribution in [0.5, 0.6) is 0 Å². The van der Waals surface area contributed by atoms with Gasteiger partial charge in [-0.25, -0.2) is 0 Å². The zero-order valence-corrected chi connectivity index (χ0v) is 8.04. The van der Waals surface area contributed by atoms with Gasteiger partial charge in [-0.15, -0.1) is 0 Å². The Kier molecular flexibility index (Phi) is 2.39. The first-order valence-corrected chi connectivity index (χ1v) is 4.62. The fourth-order valence-corrected chi connectivity index (χ4v) is 1.47. The van der Waals surface area contributed by atoms with Crippen molar-refractivity contribution in [1.82, 2.24) is 0 Å². The van der Waals surface area contributed by atoms with E-state index < -0.39 is 0 Å². The summed E-state index contributed by atoms with van der Waals surface area (Å²) in [7, 11) is 0. The summed E-state index contributed by atoms with van der Waals surface area (Å²) in [5, 5.41) is 5.29. The molecule has 1 aliphatic rings. The number of nitrogens with one attached hydrogen (secondary N) is 2. The number of carbonyl (C=O) groups excluding carboxylic acids is 2. The van der Waals surface area contributed by atoms with Crippen LogP contribution in [0.25, 0.3) is 0 Å². The SMILES string of the molecule is NCc1ccc2c(c1)NC(=O)CC(=O)N2. The summed E-state index contributed by atoms with van der Waals surface area (Å²) in [6, 6.07) is 5.32. The fourth-order valence-electron chi connectivity index (χ4n) is 1.47. The highest BCUT2D eigenvalue weighted by molar-refractivity contribution is 6.13. The third kappa shape index (κ3) is 1.97. The second-order valence-electron chi connectivity index (χ2n) is 3.36. The zero-order chi connectivity index (χ0) is 10.8. The van der Waals surface area contributed by atoms with Crippen LogP contribution in [-0.4, -0.2) is 11.8 Å². The molecule has 0 aliphatic carbocycles. The maximum atomic E-state index is 11.3. The van der Waals surface area contributed by atoms with Gasteiger partial charge in [0.15, 0.2) is 0 Å². The van der Waals surface area contributed by atoms with Crippen LogP contribution < -0.4 is 16.4 Å². The lowest BCUT2D eigenvalue weighted by Crippen LogP contribution is -2.16. The summed E-state index contributed by atoms with van der Waals surface area (Å²) in [4.78, 5) is 22.5. The second-order valence-corrected chi connectivity index (χ2v) is 3.36. The molecule has 0 unspecified atom stereocenters. The van der Waals surface area contributed by atoms with Gasteiger partial charge in [0.25, 0.3) is 0 Å². The number of amides is 2. The molecule has 0 fully saturated rings. The van der Waals surface area contributed by atoms with Crippen molar-refractivity contribution in [3.8, 4) is 0 Å². The van der Waals surface area contributed by atoms with Gasteiger partial charge in [0.2, 0.25) is 11.8 Å². The molecule has 5 nitrogen and oxygen atoms in total. The van der Waals surface area contributed by atoms with Crippen molar-refractivity contribution in [1.29, 1.82) is 0 Å². The van der Waals surface area contributed by atoms with Crippen molar-refractivity contribution in [2.75, 3.05) is 10.6 Å². The normalized spacial score (nSPS) is 15.0. The van der Waals surface area contributed by atoms with Crippen LogP contribution >= 0.6 is 0 Å². The topological polar surface area (TPSA) is 84.2 Å². The van der Waals surface area contributed by atoms with Crippen LogP contribution in [0.15, 0.2) is 18.2 Å². The Hall–Kier alpha value is -1.88. The lowest BCUT2D eigenvalue weighted by atomic mass is 10.1. The van der Waals surface area contributed by atoms with Gasteiger partial charge in [-0.3, -0.25) is 9.59 Å². The molecular formula is C10H11N3O2. The van der Waals surface area contributed by atoms with Crippen molar-refractivity contribution < 1.29 is 9.59 Å². The average molecular weight is 205 g/mol. The van der Waals surface area contributed by atoms with Crippen molar-refractivity contribution in [2.45, 2.75) is 13.0 Å². The van der Waals surface area contributed by atoms with Gasteiger partial charge in [-0.2, -0.15) is 0 Å². The molecule has 0 aromatic heterocycles. The van der Waals surface area contributed by atoms with E-state index in [2.05, 4.69) is 10.6 Å². The van der Waals surface area contributed by atoms with E-state index in [-0.39, 0.29) is 18.2 Å². The number of benzene rings is 1. The molecule has 4 N–H and O–H groups in total. The summed E-state index contributed by atoms with van der Waals surface area (Å²) in [5.41, 5.74) is 7.61. The van der Waals surface area contributed by atoms with Crippen molar-refractivity contribution in [3.63, 3.8) is 0 Å². The minimum Gasteiger partial charge on any atom is -0.326 e. The Morgan fingerprint density at radius 1 is 1.13 bits per heavy atom. The Morgan fingerprint density at radius 2 is 1.80 bits per heavy atom. The molecular weight excluding hydrogens is 194 g/mol. The first-order chi connectivity index (χ1) is 7.19. The Balaban J connectivity index is 2.42. The van der Waals surface area contributed by atoms with E-state index in [0.29, 0.717) is 17.9 Å². The second kappa shape index (κ2) is 3.70. The molecule has 1 aliphatic heterocycles. The van der Waals surface area contributed by atoms with E-state index in [1.165, 1.54) is 0 Å². The van der Waals surface area contributed by atoms with E-state index in [4.69, 9.17) is 5.73 Å². The quantitative estimate of drug-likeness (QED) is 0.581. The van der Waals surface area contributed by atoms with E-state index in [0.717, 1.165) is 5.56 Å². The summed E-state index contributed by atoms with van der Waals surface area (Å²) < 4.78 is 0. The molecule has 0 radical (unpaired) electrons. The highest BCUT2D eigenvalue weighted by Crippen LogP contribution is 2.25. The molecule has 0 saturated carbocycles. The molecule has 0 spiro atoms. The number of nitrogens with two attached hydrogens (primary N) is 1. The van der Waals surface area contributed by atoms with Crippen molar-refractivity contribution in [2.24, 2.45) is 5.73 Å². The Bertz CT molecular complexity index is 429. The molecule has 0 atom stereocenters. The van der Waals surface area contributed by atoms with Gasteiger partial charge in [-0.1, -0.05) is 6.07 Å². The molecule has 0 saturated heterocycles. The van der Waals surface area contributed by atoms with Crippen LogP contribution in [0, 0.1) is 0 Å². The van der Waals surface area contributed by atoms with Gasteiger partial charge < -0.3 is 16.4 Å². The van der Waals surface area contributed by atoms with E-state index in [1.54, 1.807) is 12.1 Å². The molecule has 2 amide bonds. The summed E-state index contributed by atoms with van der Waals surface area (Å²) in [6.07, 6.45) is -0.146. The zero-order valence-electron chi connectivity index (χ0n) is 8.04. The first kappa shape index (κ1) is 9.67. The van der Waals surface area contributed by atoms with Crippen LogP contribution in [0.3, 0.4) is 0 Å². The smallest absolute Gasteiger partial charge is 0.233 e. The third-order valence-corrected chi connectivity index (χ3v) is 2.19. The van der Waals surface area contributed by atoms with Gasteiger partial charge >= 0.3 is 0 Å². The van der Waals surface area contributed by atoms with Gasteiger partial charge in [0.05, 0.1) is 11.4 Å². The molecule has 78 valence electrons. The molecule has 1 heterocycles. The lowest BCUT2D eigenvalue weighted by molar-refractivity contribution is -0.123. The van der Waals surface area contributed by atoms with Crippen LogP contribution in [0.4, 0.5) is 11.4 Å². The minimum atomic E-state index is -0.305. The fraction of sp³-hybridized carbons (Fsp3) is 0.200. The van der Waals surface area contributed by atoms with Gasteiger partial charge in [0.1, 0.15) is 6.42 Å². The number of carbonyl (C=O) groups is 2. The Labute approximate surface area is 86.6 Å². The molecule has 15 heavy (non-hydrogen) atoms. The van der Waals surface area contributed by atoms with Crippen LogP contribution in [0.1, 0.15) is 12.0 Å². The first-order valence-electron chi connectivity index (χ1n) is 4.62. The number of fused-ring (bicyclic) bond motifs is 1. The summed E-state index contributed by atoms with van der Waals surface area (Å²) in [5.74, 6) is -0.604. The van der Waals surface area contributed by atoms with E-state index in [9.17, 15) is 9.59 Å². The molecule has 5 heteroatoms. The number of anilines is 2. The van der Waals surface area contributed by atoms with Crippen molar-refractivity contribution in [3.05, 3.63) is 23.8 Å². The predicted molar refractivity (Wildman–Crippen MR) is 56.2 cm³/mol. The summed E-state index contributed by atoms with van der Waals surface area (Å²) in [6.45, 7) is 0.400. The maximum absolute atomic E-state index is 11.3. The highest BCUT2D eigenvalue weighted by Gasteiger charge is 2.17. The third-order valence-electron chi connectivity index (χ3n) is 2.19. The Morgan fingerprint density at radius 3 is 2.47 bits per heavy atom. The molecule has 2 rings (SSSR count). The maximum Gasteiger partial charge on any atom is 0.233 e. The monoisotopic (exact) mass is 205 g/mol. The van der Waals surface area contributed by atoms with E-state index in [1.807, 2.05) is 6.07 Å². The van der Waals surface area contributed by atoms with Crippen molar-refractivity contribution >= 4 is 23.2 Å². The summed E-state index contributed by atoms with van der Waals surface area (Å²) >= 11 is 0. The minimum absolute atomic E-state index is 0.146. The lowest BCUT2D eigenvalue weighted by Gasteiger charge is -2.08. The largest absolute Gasteiger partial charge is 0.326 e. The van der Waals surface area contributed by atoms with E-state index >= 15 is 0 Å². The van der Waals surface area contributed by atoms with Crippen LogP contribution in [-0.2, 0) is 16.1 Å². The number of hydrogen-bond acceptors (Lipinski definition) is 3. The average Bonchev–Trinajstić information content (AvgIpc) is 2.33. The van der Waals surface area contributed by atoms with Gasteiger partial charge in [0, 0.05) is 6.54 Å². The predicted octanol–water partition coefficient (Wildman–Crippen LogP) is 0.426. The highest BCUT2D eigenvalue weighted by atomic mass is 16.2.